The monoisotopic (exact) mass is 429 g/mol. The highest BCUT2D eigenvalue weighted by atomic mass is 32.1. The summed E-state index contributed by atoms with van der Waals surface area (Å²) in [5.74, 6) is -0.612. The lowest BCUT2D eigenvalue weighted by Crippen LogP contribution is -2.49. The maximum atomic E-state index is 12.2. The minimum Gasteiger partial charge on any atom is -0.484 e. The molecule has 0 radical (unpaired) electrons. The first-order valence-electron chi connectivity index (χ1n) is 9.11. The molecule has 0 saturated heterocycles. The number of nitrogens with one attached hydrogen (secondary N) is 3. The minimum absolute atomic E-state index is 0.113. The Morgan fingerprint density at radius 3 is 2.30 bits per heavy atom. The first-order chi connectivity index (χ1) is 14.3. The van der Waals surface area contributed by atoms with Crippen LogP contribution in [-0.4, -0.2) is 36.6 Å². The van der Waals surface area contributed by atoms with Crippen LogP contribution < -0.4 is 20.9 Å². The average Bonchev–Trinajstić information content (AvgIpc) is 2.76. The third-order valence-electron chi connectivity index (χ3n) is 4.01. The van der Waals surface area contributed by atoms with Gasteiger partial charge in [0.25, 0.3) is 11.8 Å². The first kappa shape index (κ1) is 22.8. The number of rotatable bonds is 6. The van der Waals surface area contributed by atoms with Gasteiger partial charge in [0.05, 0.1) is 12.7 Å². The molecule has 0 fully saturated rings. The zero-order valence-corrected chi connectivity index (χ0v) is 17.7. The lowest BCUT2D eigenvalue weighted by Gasteiger charge is -2.12. The van der Waals surface area contributed by atoms with Crippen LogP contribution in [-0.2, 0) is 9.53 Å². The summed E-state index contributed by atoms with van der Waals surface area (Å²) < 4.78 is 10.0. The van der Waals surface area contributed by atoms with E-state index in [0.29, 0.717) is 11.7 Å². The van der Waals surface area contributed by atoms with Crippen LogP contribution in [0.5, 0.6) is 5.75 Å². The molecular weight excluding hydrogens is 406 g/mol. The molecule has 2 aromatic rings. The van der Waals surface area contributed by atoms with Gasteiger partial charge in [-0.2, -0.15) is 0 Å². The summed E-state index contributed by atoms with van der Waals surface area (Å²) in [6.07, 6.45) is 0. The summed E-state index contributed by atoms with van der Waals surface area (Å²) in [7, 11) is 1.25. The van der Waals surface area contributed by atoms with Crippen molar-refractivity contribution in [1.82, 2.24) is 16.2 Å². The fourth-order valence-electron chi connectivity index (χ4n) is 2.37. The number of ether oxygens (including phenoxy) is 2. The second-order valence-corrected chi connectivity index (χ2v) is 6.95. The number of carbonyl (C=O) groups is 3. The van der Waals surface area contributed by atoms with Crippen molar-refractivity contribution in [1.29, 1.82) is 0 Å². The zero-order chi connectivity index (χ0) is 22.1. The second-order valence-electron chi connectivity index (χ2n) is 6.54. The maximum Gasteiger partial charge on any atom is 0.337 e. The summed E-state index contributed by atoms with van der Waals surface area (Å²) in [6.45, 7) is 3.95. The van der Waals surface area contributed by atoms with Crippen LogP contribution in [0.25, 0.3) is 0 Å². The van der Waals surface area contributed by atoms with E-state index in [1.165, 1.54) is 30.9 Å². The van der Waals surface area contributed by atoms with Crippen molar-refractivity contribution < 1.29 is 23.9 Å². The fourth-order valence-corrected chi connectivity index (χ4v) is 2.52. The highest BCUT2D eigenvalue weighted by Crippen LogP contribution is 2.18. The van der Waals surface area contributed by atoms with E-state index in [1.54, 1.807) is 18.2 Å². The van der Waals surface area contributed by atoms with Crippen molar-refractivity contribution in [2.75, 3.05) is 13.7 Å². The number of esters is 1. The van der Waals surface area contributed by atoms with Gasteiger partial charge in [0.15, 0.2) is 11.7 Å². The van der Waals surface area contributed by atoms with Crippen molar-refractivity contribution >= 4 is 35.1 Å². The topological polar surface area (TPSA) is 106 Å². The average molecular weight is 429 g/mol. The number of carbonyl (C=O) groups excluding carboxylic acids is 3. The summed E-state index contributed by atoms with van der Waals surface area (Å²) in [5, 5.41) is 2.29. The van der Waals surface area contributed by atoms with Crippen molar-refractivity contribution in [3.8, 4) is 5.75 Å². The molecule has 0 aliphatic rings. The van der Waals surface area contributed by atoms with Gasteiger partial charge in [0, 0.05) is 5.56 Å². The van der Waals surface area contributed by atoms with Gasteiger partial charge in [-0.25, -0.2) is 4.79 Å². The summed E-state index contributed by atoms with van der Waals surface area (Å²) in [4.78, 5) is 35.6. The van der Waals surface area contributed by atoms with Crippen LogP contribution >= 0.6 is 12.2 Å². The number of thiocarbonyl (C=S) groups is 1. The normalized spacial score (nSPS) is 10.1. The highest BCUT2D eigenvalue weighted by molar-refractivity contribution is 7.80. The Balaban J connectivity index is 1.77. The molecule has 0 bridgehead atoms. The van der Waals surface area contributed by atoms with Gasteiger partial charge in [-0.15, -0.1) is 0 Å². The molecule has 0 heterocycles. The standard InChI is InChI=1S/C21H23N3O5S/c1-13(2)14-7-9-17(10-8-14)29-12-18(25)23-24-21(30)22-19(26)15-5-4-6-16(11-15)20(27)28-3/h4-11,13H,12H2,1-3H3,(H,23,25)(H2,22,24,26,30). The third kappa shape index (κ3) is 6.85. The Morgan fingerprint density at radius 1 is 1.00 bits per heavy atom. The molecule has 0 aliphatic carbocycles. The van der Waals surface area contributed by atoms with Crippen LogP contribution in [0.3, 0.4) is 0 Å². The molecule has 0 unspecified atom stereocenters. The number of amides is 2. The minimum atomic E-state index is -0.559. The summed E-state index contributed by atoms with van der Waals surface area (Å²) in [5.41, 5.74) is 6.37. The molecule has 158 valence electrons. The van der Waals surface area contributed by atoms with Crippen LogP contribution in [0.1, 0.15) is 46.0 Å². The highest BCUT2D eigenvalue weighted by Gasteiger charge is 2.12. The van der Waals surface area contributed by atoms with Gasteiger partial charge in [0.2, 0.25) is 0 Å². The summed E-state index contributed by atoms with van der Waals surface area (Å²) in [6, 6.07) is 13.4. The molecule has 0 atom stereocenters. The van der Waals surface area contributed by atoms with Crippen molar-refractivity contribution in [3.63, 3.8) is 0 Å². The lowest BCUT2D eigenvalue weighted by atomic mass is 10.0. The van der Waals surface area contributed by atoms with Crippen LogP contribution in [0.4, 0.5) is 0 Å². The van der Waals surface area contributed by atoms with E-state index < -0.39 is 17.8 Å². The maximum absolute atomic E-state index is 12.2. The van der Waals surface area contributed by atoms with E-state index in [1.807, 2.05) is 12.1 Å². The largest absolute Gasteiger partial charge is 0.484 e. The van der Waals surface area contributed by atoms with Crippen molar-refractivity contribution in [2.24, 2.45) is 0 Å². The molecular formula is C21H23N3O5S. The predicted molar refractivity (Wildman–Crippen MR) is 115 cm³/mol. The van der Waals surface area contributed by atoms with Crippen molar-refractivity contribution in [2.45, 2.75) is 19.8 Å². The number of hydrazine groups is 1. The van der Waals surface area contributed by atoms with Crippen LogP contribution in [0.15, 0.2) is 48.5 Å². The quantitative estimate of drug-likeness (QED) is 0.368. The molecule has 0 aromatic heterocycles. The molecule has 9 heteroatoms. The number of methoxy groups -OCH3 is 1. The molecule has 30 heavy (non-hydrogen) atoms. The van der Waals surface area contributed by atoms with Crippen LogP contribution in [0, 0.1) is 0 Å². The number of hydrogen-bond acceptors (Lipinski definition) is 6. The Morgan fingerprint density at radius 2 is 1.67 bits per heavy atom. The number of benzene rings is 2. The van der Waals surface area contributed by atoms with Gasteiger partial charge in [-0.05, 0) is 54.0 Å². The van der Waals surface area contributed by atoms with E-state index in [4.69, 9.17) is 17.0 Å². The smallest absolute Gasteiger partial charge is 0.337 e. The molecule has 3 N–H and O–H groups in total. The third-order valence-corrected chi connectivity index (χ3v) is 4.21. The molecule has 0 saturated carbocycles. The molecule has 8 nitrogen and oxygen atoms in total. The van der Waals surface area contributed by atoms with E-state index in [-0.39, 0.29) is 22.8 Å². The molecule has 2 amide bonds. The van der Waals surface area contributed by atoms with E-state index in [2.05, 4.69) is 34.8 Å². The van der Waals surface area contributed by atoms with Gasteiger partial charge in [0.1, 0.15) is 5.75 Å². The molecule has 0 aliphatic heterocycles. The molecule has 2 rings (SSSR count). The Kier molecular flexibility index (Phi) is 8.30. The Hall–Kier alpha value is -3.46. The number of hydrogen-bond donors (Lipinski definition) is 3. The van der Waals surface area contributed by atoms with Gasteiger partial charge >= 0.3 is 5.97 Å². The van der Waals surface area contributed by atoms with E-state index in [9.17, 15) is 14.4 Å². The molecule has 2 aromatic carbocycles. The Bertz CT molecular complexity index is 928. The van der Waals surface area contributed by atoms with E-state index in [0.717, 1.165) is 0 Å². The zero-order valence-electron chi connectivity index (χ0n) is 16.9. The fraction of sp³-hybridized carbons (Fsp3) is 0.238. The SMILES string of the molecule is COC(=O)c1cccc(C(=O)NC(=S)NNC(=O)COc2ccc(C(C)C)cc2)c1. The van der Waals surface area contributed by atoms with E-state index >= 15 is 0 Å². The van der Waals surface area contributed by atoms with Gasteiger partial charge in [-0.1, -0.05) is 32.0 Å². The van der Waals surface area contributed by atoms with Gasteiger partial charge in [-0.3, -0.25) is 25.8 Å². The first-order valence-corrected chi connectivity index (χ1v) is 9.52. The Labute approximate surface area is 179 Å². The molecule has 0 spiro atoms. The second kappa shape index (κ2) is 10.9. The predicted octanol–water partition coefficient (Wildman–Crippen LogP) is 2.31. The van der Waals surface area contributed by atoms with Gasteiger partial charge < -0.3 is 9.47 Å². The van der Waals surface area contributed by atoms with Crippen molar-refractivity contribution in [3.05, 3.63) is 65.2 Å². The van der Waals surface area contributed by atoms with Crippen LogP contribution in [0.2, 0.25) is 0 Å². The lowest BCUT2D eigenvalue weighted by molar-refractivity contribution is -0.123. The summed E-state index contributed by atoms with van der Waals surface area (Å²) >= 11 is 4.98.